The molecular weight excluding hydrogens is 412 g/mol. The number of methoxy groups -OCH3 is 1. The maximum absolute atomic E-state index is 12.3. The van der Waals surface area contributed by atoms with Gasteiger partial charge in [-0.15, -0.1) is 11.8 Å². The van der Waals surface area contributed by atoms with Gasteiger partial charge in [0.2, 0.25) is 0 Å². The number of hydrogen-bond donors (Lipinski definition) is 0. The highest BCUT2D eigenvalue weighted by molar-refractivity contribution is 8.00. The highest BCUT2D eigenvalue weighted by atomic mass is 32.2. The monoisotopic (exact) mass is 444 g/mol. The van der Waals surface area contributed by atoms with Crippen LogP contribution in [0.25, 0.3) is 0 Å². The van der Waals surface area contributed by atoms with E-state index in [1.54, 1.807) is 11.8 Å². The van der Waals surface area contributed by atoms with Crippen molar-refractivity contribution >= 4 is 29.5 Å². The molecule has 0 aromatic rings. The maximum Gasteiger partial charge on any atom is 0.315 e. The number of hydrogen-bond acceptors (Lipinski definition) is 6. The number of rotatable bonds is 3. The molecule has 31 heavy (non-hydrogen) atoms. The number of allylic oxidation sites excluding steroid dienone is 3. The van der Waals surface area contributed by atoms with Crippen molar-refractivity contribution in [1.29, 1.82) is 0 Å². The molecule has 1 saturated heterocycles. The third-order valence-corrected chi connectivity index (χ3v) is 10.5. The van der Waals surface area contributed by atoms with Gasteiger partial charge in [0.25, 0.3) is 0 Å². The van der Waals surface area contributed by atoms with Crippen LogP contribution in [-0.2, 0) is 23.9 Å². The number of esters is 2. The van der Waals surface area contributed by atoms with Crippen LogP contribution in [0.15, 0.2) is 23.3 Å². The Morgan fingerprint density at radius 1 is 1.23 bits per heavy atom. The molecule has 1 aliphatic heterocycles. The molecule has 0 radical (unpaired) electrons. The first-order valence-electron chi connectivity index (χ1n) is 11.6. The minimum Gasteiger partial charge on any atom is -0.468 e. The van der Waals surface area contributed by atoms with Crippen molar-refractivity contribution in [2.24, 2.45) is 22.7 Å². The minimum absolute atomic E-state index is 0.0585. The van der Waals surface area contributed by atoms with E-state index in [4.69, 9.17) is 9.47 Å². The first kappa shape index (κ1) is 21.3. The van der Waals surface area contributed by atoms with Gasteiger partial charge in [-0.1, -0.05) is 37.1 Å². The van der Waals surface area contributed by atoms with Gasteiger partial charge in [0.15, 0.2) is 0 Å². The highest BCUT2D eigenvalue weighted by Gasteiger charge is 2.66. The number of ether oxygens (including phenoxy) is 2. The number of ketones is 1. The van der Waals surface area contributed by atoms with Crippen molar-refractivity contribution in [3.63, 3.8) is 0 Å². The zero-order valence-corrected chi connectivity index (χ0v) is 19.5. The van der Waals surface area contributed by atoms with Crippen LogP contribution in [0.4, 0.5) is 0 Å². The minimum atomic E-state index is -0.345. The van der Waals surface area contributed by atoms with E-state index in [2.05, 4.69) is 26.0 Å². The van der Waals surface area contributed by atoms with Crippen LogP contribution in [0.5, 0.6) is 0 Å². The summed E-state index contributed by atoms with van der Waals surface area (Å²) in [5.41, 5.74) is 2.20. The smallest absolute Gasteiger partial charge is 0.315 e. The average molecular weight is 445 g/mol. The van der Waals surface area contributed by atoms with Crippen LogP contribution in [-0.4, -0.2) is 41.4 Å². The fourth-order valence-corrected chi connectivity index (χ4v) is 8.67. The van der Waals surface area contributed by atoms with Crippen LogP contribution < -0.4 is 0 Å². The topological polar surface area (TPSA) is 69.7 Å². The lowest BCUT2D eigenvalue weighted by Crippen LogP contribution is -2.52. The molecule has 2 saturated carbocycles. The van der Waals surface area contributed by atoms with Gasteiger partial charge in [-0.05, 0) is 43.9 Å². The lowest BCUT2D eigenvalue weighted by Gasteiger charge is -2.56. The van der Waals surface area contributed by atoms with Crippen LogP contribution in [0.3, 0.4) is 0 Å². The number of carbonyl (C=O) groups is 3. The third kappa shape index (κ3) is 3.00. The zero-order chi connectivity index (χ0) is 22.0. The van der Waals surface area contributed by atoms with Gasteiger partial charge >= 0.3 is 11.9 Å². The predicted octanol–water partition coefficient (Wildman–Crippen LogP) is 4.40. The Morgan fingerprint density at radius 3 is 2.74 bits per heavy atom. The molecule has 0 aromatic heterocycles. The fourth-order valence-electron chi connectivity index (χ4n) is 7.42. The Morgan fingerprint density at radius 2 is 2.03 bits per heavy atom. The van der Waals surface area contributed by atoms with Crippen molar-refractivity contribution in [3.8, 4) is 0 Å². The van der Waals surface area contributed by atoms with Crippen molar-refractivity contribution < 1.29 is 23.9 Å². The SMILES string of the molecule is COC(=O)CS[C@@H]1C=C2CC(=O)CC[C@]2(C)C2=CC[C@@]3(C)C(CC[C@@]34CCC(=O)O4)C21. The van der Waals surface area contributed by atoms with E-state index in [1.807, 2.05) is 0 Å². The standard InChI is InChI=1S/C25H32O5S/c1-23-8-4-16(26)12-15(23)13-19(31-14-21(28)29-3)22-17(23)5-9-24(2)18(22)6-10-25(24)11-7-20(27)30-25/h5,13,18-19,22H,4,6-12,14H2,1-3H3/t18?,19-,22?,23+,24+,25-/m1/s1. The first-order valence-corrected chi connectivity index (χ1v) is 12.6. The Bertz CT molecular complexity index is 906. The molecule has 4 aliphatic carbocycles. The van der Waals surface area contributed by atoms with Gasteiger partial charge in [-0.25, -0.2) is 0 Å². The molecule has 1 spiro atoms. The van der Waals surface area contributed by atoms with E-state index in [9.17, 15) is 14.4 Å². The lowest BCUT2D eigenvalue weighted by atomic mass is 9.51. The van der Waals surface area contributed by atoms with Gasteiger partial charge < -0.3 is 9.47 Å². The van der Waals surface area contributed by atoms with Crippen molar-refractivity contribution in [1.82, 2.24) is 0 Å². The molecule has 3 fully saturated rings. The van der Waals surface area contributed by atoms with E-state index < -0.39 is 0 Å². The Kier molecular flexibility index (Phi) is 4.96. The first-order chi connectivity index (χ1) is 14.7. The van der Waals surface area contributed by atoms with E-state index >= 15 is 0 Å². The van der Waals surface area contributed by atoms with E-state index in [1.165, 1.54) is 18.3 Å². The van der Waals surface area contributed by atoms with Gasteiger partial charge in [0.05, 0.1) is 12.9 Å². The largest absolute Gasteiger partial charge is 0.468 e. The zero-order valence-electron chi connectivity index (χ0n) is 18.7. The summed E-state index contributed by atoms with van der Waals surface area (Å²) in [6.45, 7) is 4.64. The number of carbonyl (C=O) groups excluding carboxylic acids is 3. The van der Waals surface area contributed by atoms with Crippen LogP contribution >= 0.6 is 11.8 Å². The van der Waals surface area contributed by atoms with Crippen LogP contribution in [0.1, 0.15) is 65.2 Å². The molecule has 5 nitrogen and oxygen atoms in total. The summed E-state index contributed by atoms with van der Waals surface area (Å²) < 4.78 is 11.0. The Labute approximate surface area is 188 Å². The second-order valence-corrected chi connectivity index (χ2v) is 11.7. The van der Waals surface area contributed by atoms with Crippen molar-refractivity contribution in [3.05, 3.63) is 23.3 Å². The van der Waals surface area contributed by atoms with Crippen LogP contribution in [0, 0.1) is 22.7 Å². The molecule has 5 aliphatic rings. The van der Waals surface area contributed by atoms with Gasteiger partial charge in [-0.2, -0.15) is 0 Å². The summed E-state index contributed by atoms with van der Waals surface area (Å²) in [6.07, 6.45) is 11.0. The van der Waals surface area contributed by atoms with Gasteiger partial charge in [0.1, 0.15) is 11.4 Å². The second-order valence-electron chi connectivity index (χ2n) is 10.5. The van der Waals surface area contributed by atoms with Crippen molar-refractivity contribution in [2.75, 3.05) is 12.9 Å². The molecule has 168 valence electrons. The number of fused-ring (bicyclic) bond motifs is 6. The second kappa shape index (κ2) is 7.23. The summed E-state index contributed by atoms with van der Waals surface area (Å²) in [5.74, 6) is 1.06. The fraction of sp³-hybridized carbons (Fsp3) is 0.720. The summed E-state index contributed by atoms with van der Waals surface area (Å²) in [7, 11) is 1.43. The molecule has 1 heterocycles. The van der Waals surface area contributed by atoms with Gasteiger partial charge in [-0.3, -0.25) is 14.4 Å². The summed E-state index contributed by atoms with van der Waals surface area (Å²) in [4.78, 5) is 36.4. The summed E-state index contributed by atoms with van der Waals surface area (Å²) >= 11 is 1.64. The molecule has 6 atom stereocenters. The number of thioether (sulfide) groups is 1. The van der Waals surface area contributed by atoms with E-state index in [0.29, 0.717) is 42.6 Å². The molecular formula is C25H32O5S. The Hall–Kier alpha value is -1.56. The summed E-state index contributed by atoms with van der Waals surface area (Å²) in [6, 6.07) is 0. The molecule has 0 aromatic carbocycles. The molecule has 0 bridgehead atoms. The average Bonchev–Trinajstić information content (AvgIpc) is 3.27. The van der Waals surface area contributed by atoms with E-state index in [-0.39, 0.29) is 33.6 Å². The lowest BCUT2D eigenvalue weighted by molar-refractivity contribution is -0.160. The van der Waals surface area contributed by atoms with E-state index in [0.717, 1.165) is 32.1 Å². The predicted molar refractivity (Wildman–Crippen MR) is 118 cm³/mol. The Balaban J connectivity index is 1.56. The van der Waals surface area contributed by atoms with Gasteiger partial charge in [0, 0.05) is 35.3 Å². The molecule has 2 unspecified atom stereocenters. The quantitative estimate of drug-likeness (QED) is 0.475. The molecule has 5 rings (SSSR count). The van der Waals surface area contributed by atoms with Crippen LogP contribution in [0.2, 0.25) is 0 Å². The summed E-state index contributed by atoms with van der Waals surface area (Å²) in [5, 5.41) is 0.135. The maximum atomic E-state index is 12.3. The third-order valence-electron chi connectivity index (χ3n) is 9.28. The normalized spacial score (nSPS) is 43.5. The number of Topliss-reactive ketones (excluding diaryl/α,β-unsaturated/α-hetero) is 1. The molecule has 0 N–H and O–H groups in total. The molecule has 0 amide bonds. The van der Waals surface area contributed by atoms with Crippen molar-refractivity contribution in [2.45, 2.75) is 76.1 Å². The molecule has 6 heteroatoms. The highest BCUT2D eigenvalue weighted by Crippen LogP contribution is 2.68.